The van der Waals surface area contributed by atoms with Gasteiger partial charge in [-0.1, -0.05) is 23.7 Å². The molecule has 0 aromatic heterocycles. The average Bonchev–Trinajstić information content (AvgIpc) is 2.48. The molecule has 4 atom stereocenters. The molecule has 124 valence electrons. The molecule has 0 saturated carbocycles. The van der Waals surface area contributed by atoms with E-state index in [1.54, 1.807) is 18.2 Å². The number of fused-ring (bicyclic) bond motifs is 3. The van der Waals surface area contributed by atoms with Gasteiger partial charge in [0.15, 0.2) is 0 Å². The van der Waals surface area contributed by atoms with E-state index in [1.165, 1.54) is 18.2 Å². The van der Waals surface area contributed by atoms with E-state index in [0.29, 0.717) is 11.3 Å². The van der Waals surface area contributed by atoms with Gasteiger partial charge in [-0.2, -0.15) is 0 Å². The summed E-state index contributed by atoms with van der Waals surface area (Å²) in [5.74, 6) is -1.60. The van der Waals surface area contributed by atoms with Crippen LogP contribution in [0.25, 0.3) is 0 Å². The Morgan fingerprint density at radius 2 is 1.88 bits per heavy atom. The molecule has 0 spiro atoms. The van der Waals surface area contributed by atoms with E-state index >= 15 is 0 Å². The molecule has 2 aromatic carbocycles. The second-order valence-electron chi connectivity index (χ2n) is 6.10. The lowest BCUT2D eigenvalue weighted by Crippen LogP contribution is -2.63. The molecule has 1 saturated heterocycles. The van der Waals surface area contributed by atoms with Crippen LogP contribution in [0.1, 0.15) is 23.2 Å². The zero-order chi connectivity index (χ0) is 17.0. The Morgan fingerprint density at radius 3 is 2.54 bits per heavy atom. The van der Waals surface area contributed by atoms with E-state index in [1.807, 2.05) is 0 Å². The predicted octanol–water partition coefficient (Wildman–Crippen LogP) is 3.07. The highest BCUT2D eigenvalue weighted by molar-refractivity contribution is 6.30. The molecule has 5 nitrogen and oxygen atoms in total. The third-order valence-corrected chi connectivity index (χ3v) is 4.97. The van der Waals surface area contributed by atoms with Crippen LogP contribution in [0.2, 0.25) is 5.02 Å². The van der Waals surface area contributed by atoms with Gasteiger partial charge in [0.2, 0.25) is 0 Å². The summed E-state index contributed by atoms with van der Waals surface area (Å²) < 4.78 is 14.3. The summed E-state index contributed by atoms with van der Waals surface area (Å²) in [5, 5.41) is 25.3. The second-order valence-corrected chi connectivity index (χ2v) is 6.54. The molecule has 7 heteroatoms. The van der Waals surface area contributed by atoms with E-state index in [4.69, 9.17) is 11.6 Å². The molecule has 0 amide bonds. The number of phenolic OH excluding ortho intramolecular Hbond substituents is 1. The molecule has 2 aromatic rings. The number of benzene rings is 2. The number of carboxylic acid groups (broad SMARTS) is 1. The van der Waals surface area contributed by atoms with Gasteiger partial charge in [-0.15, -0.1) is 0 Å². The zero-order valence-electron chi connectivity index (χ0n) is 12.3. The first-order valence-electron chi connectivity index (χ1n) is 7.49. The highest BCUT2D eigenvalue weighted by Gasteiger charge is 2.53. The minimum absolute atomic E-state index is 0.117. The summed E-state index contributed by atoms with van der Waals surface area (Å²) >= 11 is 5.95. The summed E-state index contributed by atoms with van der Waals surface area (Å²) in [6.07, 6.45) is 0. The number of hydrogen-bond acceptors (Lipinski definition) is 4. The highest BCUT2D eigenvalue weighted by atomic mass is 35.5. The van der Waals surface area contributed by atoms with Crippen LogP contribution in [-0.2, 0) is 4.79 Å². The standard InChI is InChI=1S/C17H14ClFN2O3/c18-8-5-10-14(11(19)6-8)20-13(7-1-3-9(22)4-2-7)12-15(10)21-16(12)17(23)24/h1-6,12-13,15-16,20-22H,(H,23,24). The van der Waals surface area contributed by atoms with Crippen LogP contribution >= 0.6 is 11.6 Å². The number of halogens is 2. The number of anilines is 1. The molecule has 0 aliphatic carbocycles. The first-order valence-corrected chi connectivity index (χ1v) is 7.87. The maximum absolute atomic E-state index is 14.3. The molecular formula is C17H14ClFN2O3. The number of aliphatic carboxylic acids is 1. The van der Waals surface area contributed by atoms with Crippen LogP contribution in [0.3, 0.4) is 0 Å². The number of carbonyl (C=O) groups is 1. The monoisotopic (exact) mass is 348 g/mol. The minimum Gasteiger partial charge on any atom is -0.508 e. The Kier molecular flexibility index (Phi) is 3.40. The van der Waals surface area contributed by atoms with Crippen LogP contribution in [0.4, 0.5) is 10.1 Å². The molecule has 0 bridgehead atoms. The summed E-state index contributed by atoms with van der Waals surface area (Å²) in [6.45, 7) is 0. The normalized spacial score (nSPS) is 27.4. The van der Waals surface area contributed by atoms with E-state index in [2.05, 4.69) is 10.6 Å². The number of nitrogens with one attached hydrogen (secondary N) is 2. The Labute approximate surface area is 142 Å². The first-order chi connectivity index (χ1) is 11.5. The van der Waals surface area contributed by atoms with Gasteiger partial charge in [0.05, 0.1) is 11.7 Å². The molecule has 0 radical (unpaired) electrons. The average molecular weight is 349 g/mol. The predicted molar refractivity (Wildman–Crippen MR) is 86.7 cm³/mol. The largest absolute Gasteiger partial charge is 0.508 e. The van der Waals surface area contributed by atoms with E-state index < -0.39 is 17.8 Å². The molecule has 2 heterocycles. The summed E-state index contributed by atoms with van der Waals surface area (Å²) in [7, 11) is 0. The molecular weight excluding hydrogens is 335 g/mol. The van der Waals surface area contributed by atoms with Gasteiger partial charge in [-0.3, -0.25) is 10.1 Å². The number of aromatic hydroxyl groups is 1. The number of hydrogen-bond donors (Lipinski definition) is 4. The van der Waals surface area contributed by atoms with Gasteiger partial charge in [0.25, 0.3) is 0 Å². The Balaban J connectivity index is 1.81. The Hall–Kier alpha value is -2.31. The van der Waals surface area contributed by atoms with Crippen LogP contribution in [0.5, 0.6) is 5.75 Å². The third-order valence-electron chi connectivity index (χ3n) is 4.75. The molecule has 24 heavy (non-hydrogen) atoms. The van der Waals surface area contributed by atoms with Gasteiger partial charge >= 0.3 is 5.97 Å². The van der Waals surface area contributed by atoms with Gasteiger partial charge in [0.1, 0.15) is 17.6 Å². The maximum atomic E-state index is 14.3. The van der Waals surface area contributed by atoms with Gasteiger partial charge in [-0.05, 0) is 35.4 Å². The lowest BCUT2D eigenvalue weighted by atomic mass is 9.69. The van der Waals surface area contributed by atoms with Gasteiger partial charge < -0.3 is 15.5 Å². The van der Waals surface area contributed by atoms with Crippen LogP contribution in [0.15, 0.2) is 36.4 Å². The third kappa shape index (κ3) is 2.22. The Bertz CT molecular complexity index is 827. The molecule has 2 aliphatic heterocycles. The van der Waals surface area contributed by atoms with Crippen molar-refractivity contribution in [2.75, 3.05) is 5.32 Å². The van der Waals surface area contributed by atoms with Crippen molar-refractivity contribution in [3.63, 3.8) is 0 Å². The minimum atomic E-state index is -0.951. The van der Waals surface area contributed by atoms with Crippen molar-refractivity contribution in [2.24, 2.45) is 5.92 Å². The van der Waals surface area contributed by atoms with Gasteiger partial charge in [-0.25, -0.2) is 4.39 Å². The highest BCUT2D eigenvalue weighted by Crippen LogP contribution is 2.51. The van der Waals surface area contributed by atoms with Crippen LogP contribution in [-0.4, -0.2) is 22.2 Å². The van der Waals surface area contributed by atoms with E-state index in [9.17, 15) is 19.4 Å². The smallest absolute Gasteiger partial charge is 0.321 e. The zero-order valence-corrected chi connectivity index (χ0v) is 13.1. The molecule has 4 N–H and O–H groups in total. The van der Waals surface area contributed by atoms with Crippen molar-refractivity contribution < 1.29 is 19.4 Å². The SMILES string of the molecule is O=C(O)C1NC2c3cc(Cl)cc(F)c3NC(c3ccc(O)cc3)C12. The topological polar surface area (TPSA) is 81.6 Å². The molecule has 1 fully saturated rings. The quantitative estimate of drug-likeness (QED) is 0.670. The molecule has 4 unspecified atom stereocenters. The first kappa shape index (κ1) is 15.2. The van der Waals surface area contributed by atoms with Crippen molar-refractivity contribution in [1.82, 2.24) is 5.32 Å². The lowest BCUT2D eigenvalue weighted by molar-refractivity contribution is -0.146. The molecule has 4 rings (SSSR count). The second kappa shape index (κ2) is 5.36. The fourth-order valence-corrected chi connectivity index (χ4v) is 3.85. The fraction of sp³-hybridized carbons (Fsp3) is 0.235. The number of carboxylic acids is 1. The van der Waals surface area contributed by atoms with Crippen molar-refractivity contribution in [3.8, 4) is 5.75 Å². The van der Waals surface area contributed by atoms with Crippen LogP contribution < -0.4 is 10.6 Å². The van der Waals surface area contributed by atoms with Crippen molar-refractivity contribution in [2.45, 2.75) is 18.1 Å². The van der Waals surface area contributed by atoms with Crippen molar-refractivity contribution in [3.05, 3.63) is 58.4 Å². The maximum Gasteiger partial charge on any atom is 0.321 e. The summed E-state index contributed by atoms with van der Waals surface area (Å²) in [4.78, 5) is 11.5. The van der Waals surface area contributed by atoms with Crippen molar-refractivity contribution in [1.29, 1.82) is 0 Å². The van der Waals surface area contributed by atoms with Crippen LogP contribution in [0, 0.1) is 11.7 Å². The summed E-state index contributed by atoms with van der Waals surface area (Å²) in [6, 6.07) is 7.94. The number of rotatable bonds is 2. The van der Waals surface area contributed by atoms with E-state index in [-0.39, 0.29) is 28.8 Å². The fourth-order valence-electron chi connectivity index (χ4n) is 3.64. The van der Waals surface area contributed by atoms with Crippen molar-refractivity contribution >= 4 is 23.3 Å². The summed E-state index contributed by atoms with van der Waals surface area (Å²) in [5.41, 5.74) is 1.75. The Morgan fingerprint density at radius 1 is 1.17 bits per heavy atom. The molecule has 2 aliphatic rings. The number of phenols is 1. The van der Waals surface area contributed by atoms with Gasteiger partial charge in [0, 0.05) is 17.0 Å². The van der Waals surface area contributed by atoms with E-state index in [0.717, 1.165) is 5.56 Å². The lowest BCUT2D eigenvalue weighted by Gasteiger charge is -2.52.